The molecule has 0 bridgehead atoms. The van der Waals surface area contributed by atoms with Gasteiger partial charge in [0, 0.05) is 41.4 Å². The Labute approximate surface area is 151 Å². The number of hydrogen-bond donors (Lipinski definition) is 0. The smallest absolute Gasteiger partial charge is 0.128 e. The van der Waals surface area contributed by atoms with Crippen LogP contribution in [0.5, 0.6) is 5.75 Å². The maximum atomic E-state index is 5.96. The van der Waals surface area contributed by atoms with E-state index in [2.05, 4.69) is 57.0 Å². The molecule has 2 heterocycles. The number of morpholine rings is 1. The van der Waals surface area contributed by atoms with E-state index in [1.54, 1.807) is 7.11 Å². The fourth-order valence-electron chi connectivity index (χ4n) is 3.17. The number of ether oxygens (including phenoxy) is 2. The lowest BCUT2D eigenvalue weighted by Crippen LogP contribution is -2.38. The Hall–Kier alpha value is -1.43. The maximum absolute atomic E-state index is 5.96. The Morgan fingerprint density at radius 2 is 2.04 bits per heavy atom. The van der Waals surface area contributed by atoms with Gasteiger partial charge in [0.15, 0.2) is 0 Å². The lowest BCUT2D eigenvalue weighted by Gasteiger charge is -2.33. The highest BCUT2D eigenvalue weighted by Crippen LogP contribution is 2.27. The number of aromatic nitrogens is 1. The molecule has 0 spiro atoms. The van der Waals surface area contributed by atoms with E-state index in [9.17, 15) is 0 Å². The van der Waals surface area contributed by atoms with Crippen LogP contribution in [-0.2, 0) is 11.3 Å². The largest absolute Gasteiger partial charge is 0.496 e. The Bertz CT molecular complexity index is 703. The zero-order valence-corrected chi connectivity index (χ0v) is 16.0. The van der Waals surface area contributed by atoms with Gasteiger partial charge in [0.05, 0.1) is 25.5 Å². The van der Waals surface area contributed by atoms with Gasteiger partial charge in [0.25, 0.3) is 0 Å². The molecule has 0 amide bonds. The minimum Gasteiger partial charge on any atom is -0.496 e. The molecule has 0 aliphatic carbocycles. The molecule has 1 aliphatic heterocycles. The topological polar surface area (TPSA) is 34.6 Å². The molecular weight excluding hydrogens is 368 g/mol. The summed E-state index contributed by atoms with van der Waals surface area (Å²) in [5.41, 5.74) is 4.50. The van der Waals surface area contributed by atoms with Crippen molar-refractivity contribution in [2.24, 2.45) is 0 Å². The van der Waals surface area contributed by atoms with Gasteiger partial charge in [-0.25, -0.2) is 0 Å². The van der Waals surface area contributed by atoms with E-state index < -0.39 is 0 Å². The summed E-state index contributed by atoms with van der Waals surface area (Å²) in [6, 6.07) is 8.37. The van der Waals surface area contributed by atoms with Crippen molar-refractivity contribution in [2.75, 3.05) is 26.8 Å². The van der Waals surface area contributed by atoms with E-state index >= 15 is 0 Å². The number of rotatable bonds is 4. The maximum Gasteiger partial charge on any atom is 0.128 e. The summed E-state index contributed by atoms with van der Waals surface area (Å²) in [5, 5.41) is 0. The lowest BCUT2D eigenvalue weighted by molar-refractivity contribution is -0.0333. The average molecular weight is 391 g/mol. The van der Waals surface area contributed by atoms with Crippen LogP contribution in [0.1, 0.15) is 28.5 Å². The fourth-order valence-corrected chi connectivity index (χ4v) is 3.43. The van der Waals surface area contributed by atoms with Gasteiger partial charge in [-0.15, -0.1) is 0 Å². The van der Waals surface area contributed by atoms with Crippen molar-refractivity contribution >= 4 is 15.9 Å². The van der Waals surface area contributed by atoms with Crippen LogP contribution in [0.4, 0.5) is 0 Å². The monoisotopic (exact) mass is 390 g/mol. The molecule has 1 aliphatic rings. The molecule has 4 nitrogen and oxygen atoms in total. The quantitative estimate of drug-likeness (QED) is 0.788. The first kappa shape index (κ1) is 17.4. The second-order valence-electron chi connectivity index (χ2n) is 6.19. The molecule has 5 heteroatoms. The van der Waals surface area contributed by atoms with Crippen LogP contribution in [0.15, 0.2) is 34.9 Å². The van der Waals surface area contributed by atoms with Crippen molar-refractivity contribution in [3.05, 3.63) is 57.3 Å². The van der Waals surface area contributed by atoms with Gasteiger partial charge in [-0.3, -0.25) is 9.88 Å². The Kier molecular flexibility index (Phi) is 5.54. The third kappa shape index (κ3) is 3.79. The first-order chi connectivity index (χ1) is 11.6. The summed E-state index contributed by atoms with van der Waals surface area (Å²) in [6.45, 7) is 7.46. The van der Waals surface area contributed by atoms with Gasteiger partial charge in [0.2, 0.25) is 0 Å². The van der Waals surface area contributed by atoms with Crippen molar-refractivity contribution in [3.63, 3.8) is 0 Å². The highest BCUT2D eigenvalue weighted by molar-refractivity contribution is 9.10. The molecule has 0 saturated carbocycles. The SMILES string of the molecule is COc1c(C)cnc(CN2CCOC(c3ccc(Br)cc3)C2)c1C. The Morgan fingerprint density at radius 1 is 1.29 bits per heavy atom. The third-order valence-corrected chi connectivity index (χ3v) is 5.04. The van der Waals surface area contributed by atoms with Gasteiger partial charge < -0.3 is 9.47 Å². The van der Waals surface area contributed by atoms with Crippen LogP contribution in [-0.4, -0.2) is 36.7 Å². The first-order valence-corrected chi connectivity index (χ1v) is 8.96. The highest BCUT2D eigenvalue weighted by Gasteiger charge is 2.23. The average Bonchev–Trinajstić information content (AvgIpc) is 2.59. The van der Waals surface area contributed by atoms with E-state index in [1.807, 2.05) is 13.1 Å². The molecule has 3 rings (SSSR count). The molecule has 128 valence electrons. The number of pyridine rings is 1. The van der Waals surface area contributed by atoms with E-state index in [-0.39, 0.29) is 6.10 Å². The first-order valence-electron chi connectivity index (χ1n) is 8.17. The number of nitrogens with zero attached hydrogens (tertiary/aromatic N) is 2. The van der Waals surface area contributed by atoms with Crippen LogP contribution in [0, 0.1) is 13.8 Å². The number of benzene rings is 1. The second kappa shape index (κ2) is 7.64. The van der Waals surface area contributed by atoms with Crippen molar-refractivity contribution in [2.45, 2.75) is 26.5 Å². The van der Waals surface area contributed by atoms with Crippen molar-refractivity contribution < 1.29 is 9.47 Å². The van der Waals surface area contributed by atoms with Gasteiger partial charge >= 0.3 is 0 Å². The number of methoxy groups -OCH3 is 1. The molecule has 1 aromatic carbocycles. The van der Waals surface area contributed by atoms with Crippen molar-refractivity contribution in [1.29, 1.82) is 0 Å². The molecule has 2 aromatic rings. The van der Waals surface area contributed by atoms with Crippen LogP contribution < -0.4 is 4.74 Å². The third-order valence-electron chi connectivity index (χ3n) is 4.52. The minimum absolute atomic E-state index is 0.111. The number of halogens is 1. The molecule has 1 fully saturated rings. The molecule has 24 heavy (non-hydrogen) atoms. The van der Waals surface area contributed by atoms with Gasteiger partial charge in [0.1, 0.15) is 5.75 Å². The molecule has 1 aromatic heterocycles. The van der Waals surface area contributed by atoms with Crippen molar-refractivity contribution in [1.82, 2.24) is 9.88 Å². The van der Waals surface area contributed by atoms with E-state index in [0.29, 0.717) is 0 Å². The van der Waals surface area contributed by atoms with E-state index in [4.69, 9.17) is 9.47 Å². The Morgan fingerprint density at radius 3 is 2.75 bits per heavy atom. The fraction of sp³-hybridized carbons (Fsp3) is 0.421. The van der Waals surface area contributed by atoms with Crippen molar-refractivity contribution in [3.8, 4) is 5.75 Å². The standard InChI is InChI=1S/C19H23BrN2O2/c1-13-10-21-17(14(2)19(13)23-3)11-22-8-9-24-18(12-22)15-4-6-16(20)7-5-15/h4-7,10,18H,8-9,11-12H2,1-3H3. The lowest BCUT2D eigenvalue weighted by atomic mass is 10.1. The predicted molar refractivity (Wildman–Crippen MR) is 98.4 cm³/mol. The molecule has 1 saturated heterocycles. The summed E-state index contributed by atoms with van der Waals surface area (Å²) >= 11 is 3.48. The normalized spacial score (nSPS) is 18.6. The Balaban J connectivity index is 1.73. The van der Waals surface area contributed by atoms with Gasteiger partial charge in [-0.1, -0.05) is 28.1 Å². The summed E-state index contributed by atoms with van der Waals surface area (Å²) < 4.78 is 12.6. The zero-order valence-electron chi connectivity index (χ0n) is 14.4. The number of hydrogen-bond acceptors (Lipinski definition) is 4. The van der Waals surface area contributed by atoms with Crippen LogP contribution in [0.3, 0.4) is 0 Å². The van der Waals surface area contributed by atoms with Crippen LogP contribution >= 0.6 is 15.9 Å². The molecule has 1 atom stereocenters. The molecule has 1 unspecified atom stereocenters. The number of aryl methyl sites for hydroxylation is 1. The summed E-state index contributed by atoms with van der Waals surface area (Å²) in [5.74, 6) is 0.942. The summed E-state index contributed by atoms with van der Waals surface area (Å²) in [4.78, 5) is 7.02. The van der Waals surface area contributed by atoms with Crippen LogP contribution in [0.2, 0.25) is 0 Å². The van der Waals surface area contributed by atoms with Gasteiger partial charge in [-0.05, 0) is 31.5 Å². The predicted octanol–water partition coefficient (Wildman–Crippen LogP) is 4.04. The van der Waals surface area contributed by atoms with Crippen LogP contribution in [0.25, 0.3) is 0 Å². The molecular formula is C19H23BrN2O2. The summed E-state index contributed by atoms with van der Waals surface area (Å²) in [7, 11) is 1.72. The summed E-state index contributed by atoms with van der Waals surface area (Å²) in [6.07, 6.45) is 2.01. The molecule has 0 radical (unpaired) electrons. The minimum atomic E-state index is 0.111. The second-order valence-corrected chi connectivity index (χ2v) is 7.11. The van der Waals surface area contributed by atoms with Gasteiger partial charge in [-0.2, -0.15) is 0 Å². The highest BCUT2D eigenvalue weighted by atomic mass is 79.9. The zero-order chi connectivity index (χ0) is 17.1. The van der Waals surface area contributed by atoms with E-state index in [1.165, 1.54) is 5.56 Å². The van der Waals surface area contributed by atoms with E-state index in [0.717, 1.165) is 53.3 Å². The molecule has 0 N–H and O–H groups in total.